The lowest BCUT2D eigenvalue weighted by molar-refractivity contribution is 0.0520. The van der Waals surface area contributed by atoms with Crippen molar-refractivity contribution in [2.24, 2.45) is 0 Å². The molecule has 7 nitrogen and oxygen atoms in total. The van der Waals surface area contributed by atoms with E-state index in [1.54, 1.807) is 24.7 Å². The molecule has 1 atom stereocenters. The summed E-state index contributed by atoms with van der Waals surface area (Å²) < 4.78 is 5.06. The summed E-state index contributed by atoms with van der Waals surface area (Å²) in [5, 5.41) is 2.69. The minimum Gasteiger partial charge on any atom is -0.461 e. The van der Waals surface area contributed by atoms with Crippen molar-refractivity contribution in [3.63, 3.8) is 0 Å². The number of aromatic nitrogens is 4. The number of rotatable bonds is 5. The molecule has 8 heteroatoms. The Bertz CT molecular complexity index is 976. The number of carbonyl (C=O) groups is 1. The van der Waals surface area contributed by atoms with Gasteiger partial charge in [0.05, 0.1) is 12.6 Å². The first-order valence-corrected chi connectivity index (χ1v) is 10.2. The van der Waals surface area contributed by atoms with Crippen LogP contribution in [0.2, 0.25) is 0 Å². The molecule has 28 heavy (non-hydrogen) atoms. The summed E-state index contributed by atoms with van der Waals surface area (Å²) in [7, 11) is 0. The standard InChI is InChI=1S/C20H21N5O2S/c1-3-27-20(26)15-12-28-19(23-15)16-7-5-9-25(16)17-10-13(2)22-18(24-17)14-6-4-8-21-11-14/h4,6,8,10-12,16H,3,5,7,9H2,1-2H3. The maximum Gasteiger partial charge on any atom is 0.357 e. The molecule has 0 spiro atoms. The predicted octanol–water partition coefficient (Wildman–Crippen LogP) is 3.82. The van der Waals surface area contributed by atoms with Crippen LogP contribution in [0.15, 0.2) is 36.0 Å². The molecule has 144 valence electrons. The van der Waals surface area contributed by atoms with E-state index in [0.29, 0.717) is 18.1 Å². The average Bonchev–Trinajstić information content (AvgIpc) is 3.38. The number of hydrogen-bond donors (Lipinski definition) is 0. The van der Waals surface area contributed by atoms with Gasteiger partial charge < -0.3 is 9.64 Å². The summed E-state index contributed by atoms with van der Waals surface area (Å²) in [6.07, 6.45) is 5.53. The summed E-state index contributed by atoms with van der Waals surface area (Å²) in [4.78, 5) is 32.3. The highest BCUT2D eigenvalue weighted by Gasteiger charge is 2.30. The third-order valence-electron chi connectivity index (χ3n) is 4.60. The highest BCUT2D eigenvalue weighted by atomic mass is 32.1. The van der Waals surface area contributed by atoms with Crippen LogP contribution in [0.4, 0.5) is 5.82 Å². The molecule has 4 rings (SSSR count). The SMILES string of the molecule is CCOC(=O)c1csc(C2CCCN2c2cc(C)nc(-c3cccnc3)n2)n1. The number of aryl methyl sites for hydroxylation is 1. The quantitative estimate of drug-likeness (QED) is 0.607. The van der Waals surface area contributed by atoms with Crippen LogP contribution in [0.1, 0.15) is 47.0 Å². The highest BCUT2D eigenvalue weighted by Crippen LogP contribution is 2.37. The molecule has 0 radical (unpaired) electrons. The van der Waals surface area contributed by atoms with Crippen molar-refractivity contribution in [1.29, 1.82) is 0 Å². The third-order valence-corrected chi connectivity index (χ3v) is 5.55. The van der Waals surface area contributed by atoms with Gasteiger partial charge in [0.2, 0.25) is 0 Å². The maximum absolute atomic E-state index is 12.0. The minimum atomic E-state index is -0.369. The molecular formula is C20H21N5O2S. The van der Waals surface area contributed by atoms with Gasteiger partial charge in [-0.05, 0) is 38.8 Å². The highest BCUT2D eigenvalue weighted by molar-refractivity contribution is 7.10. The fourth-order valence-electron chi connectivity index (χ4n) is 3.36. The van der Waals surface area contributed by atoms with Crippen LogP contribution in [0.3, 0.4) is 0 Å². The van der Waals surface area contributed by atoms with Gasteiger partial charge in [0.1, 0.15) is 10.8 Å². The largest absolute Gasteiger partial charge is 0.461 e. The number of esters is 1. The van der Waals surface area contributed by atoms with E-state index in [0.717, 1.165) is 41.5 Å². The number of thiazole rings is 1. The number of ether oxygens (including phenoxy) is 1. The van der Waals surface area contributed by atoms with Gasteiger partial charge in [-0.1, -0.05) is 0 Å². The Kier molecular flexibility index (Phi) is 5.29. The van der Waals surface area contributed by atoms with Gasteiger partial charge in [-0.2, -0.15) is 0 Å². The molecule has 3 aromatic rings. The van der Waals surface area contributed by atoms with Crippen molar-refractivity contribution in [1.82, 2.24) is 19.9 Å². The van der Waals surface area contributed by atoms with E-state index in [4.69, 9.17) is 9.72 Å². The molecule has 0 N–H and O–H groups in total. The Morgan fingerprint density at radius 2 is 2.25 bits per heavy atom. The fourth-order valence-corrected chi connectivity index (χ4v) is 4.29. The van der Waals surface area contributed by atoms with Crippen LogP contribution < -0.4 is 4.90 Å². The first kappa shape index (κ1) is 18.5. The summed E-state index contributed by atoms with van der Waals surface area (Å²) in [6, 6.07) is 5.94. The fraction of sp³-hybridized carbons (Fsp3) is 0.350. The second-order valence-electron chi connectivity index (χ2n) is 6.58. The summed E-state index contributed by atoms with van der Waals surface area (Å²) in [6.45, 7) is 5.00. The lowest BCUT2D eigenvalue weighted by atomic mass is 10.2. The van der Waals surface area contributed by atoms with Crippen LogP contribution >= 0.6 is 11.3 Å². The summed E-state index contributed by atoms with van der Waals surface area (Å²) in [5.74, 6) is 1.17. The van der Waals surface area contributed by atoms with E-state index < -0.39 is 0 Å². The van der Waals surface area contributed by atoms with E-state index in [1.807, 2.05) is 25.1 Å². The maximum atomic E-state index is 12.0. The summed E-state index contributed by atoms with van der Waals surface area (Å²) in [5.41, 5.74) is 2.17. The normalized spacial score (nSPS) is 16.4. The zero-order valence-corrected chi connectivity index (χ0v) is 16.6. The van der Waals surface area contributed by atoms with Gasteiger partial charge in [-0.3, -0.25) is 4.98 Å². The monoisotopic (exact) mass is 395 g/mol. The van der Waals surface area contributed by atoms with Crippen molar-refractivity contribution in [2.75, 3.05) is 18.1 Å². The van der Waals surface area contributed by atoms with Gasteiger partial charge >= 0.3 is 5.97 Å². The zero-order chi connectivity index (χ0) is 19.5. The Balaban J connectivity index is 1.64. The molecule has 4 heterocycles. The minimum absolute atomic E-state index is 0.101. The topological polar surface area (TPSA) is 81.1 Å². The predicted molar refractivity (Wildman–Crippen MR) is 107 cm³/mol. The van der Waals surface area contributed by atoms with Crippen LogP contribution in [0, 0.1) is 6.92 Å². The molecular weight excluding hydrogens is 374 g/mol. The second-order valence-corrected chi connectivity index (χ2v) is 7.47. The van der Waals surface area contributed by atoms with Gasteiger partial charge in [0.15, 0.2) is 11.5 Å². The molecule has 1 saturated heterocycles. The lowest BCUT2D eigenvalue weighted by Crippen LogP contribution is -2.24. The van der Waals surface area contributed by atoms with Crippen molar-refractivity contribution in [3.8, 4) is 11.4 Å². The van der Waals surface area contributed by atoms with E-state index in [-0.39, 0.29) is 12.0 Å². The van der Waals surface area contributed by atoms with Crippen LogP contribution in [0.25, 0.3) is 11.4 Å². The van der Waals surface area contributed by atoms with Crippen molar-refractivity contribution < 1.29 is 9.53 Å². The molecule has 1 aliphatic heterocycles. The van der Waals surface area contributed by atoms with Gasteiger partial charge in [-0.25, -0.2) is 19.7 Å². The first-order valence-electron chi connectivity index (χ1n) is 9.31. The molecule has 0 aliphatic carbocycles. The van der Waals surface area contributed by atoms with Crippen LogP contribution in [-0.4, -0.2) is 39.1 Å². The molecule has 1 aliphatic rings. The van der Waals surface area contributed by atoms with Crippen molar-refractivity contribution in [3.05, 3.63) is 52.4 Å². The Hall–Kier alpha value is -2.87. The molecule has 0 aromatic carbocycles. The molecule has 1 fully saturated rings. The van der Waals surface area contributed by atoms with Crippen LogP contribution in [0.5, 0.6) is 0 Å². The molecule has 0 amide bonds. The van der Waals surface area contributed by atoms with Gasteiger partial charge in [-0.15, -0.1) is 11.3 Å². The Labute approximate surface area is 167 Å². The first-order chi connectivity index (χ1) is 13.7. The number of anilines is 1. The number of pyridine rings is 1. The van der Waals surface area contributed by atoms with E-state index in [1.165, 1.54) is 11.3 Å². The molecule has 0 saturated carbocycles. The van der Waals surface area contributed by atoms with E-state index in [2.05, 4.69) is 19.9 Å². The molecule has 3 aromatic heterocycles. The van der Waals surface area contributed by atoms with Gasteiger partial charge in [0.25, 0.3) is 0 Å². The molecule has 0 bridgehead atoms. The zero-order valence-electron chi connectivity index (χ0n) is 15.8. The number of hydrogen-bond acceptors (Lipinski definition) is 8. The smallest absolute Gasteiger partial charge is 0.357 e. The number of nitrogens with zero attached hydrogens (tertiary/aromatic N) is 5. The van der Waals surface area contributed by atoms with E-state index >= 15 is 0 Å². The third kappa shape index (κ3) is 3.73. The number of carbonyl (C=O) groups excluding carboxylic acids is 1. The average molecular weight is 395 g/mol. The summed E-state index contributed by atoms with van der Waals surface area (Å²) >= 11 is 1.50. The molecule has 1 unspecified atom stereocenters. The van der Waals surface area contributed by atoms with Crippen LogP contribution in [-0.2, 0) is 4.74 Å². The second kappa shape index (κ2) is 8.02. The van der Waals surface area contributed by atoms with Gasteiger partial charge in [0, 0.05) is 41.6 Å². The van der Waals surface area contributed by atoms with E-state index in [9.17, 15) is 4.79 Å². The van der Waals surface area contributed by atoms with Crippen molar-refractivity contribution in [2.45, 2.75) is 32.7 Å². The Morgan fingerprint density at radius 1 is 1.36 bits per heavy atom. The lowest BCUT2D eigenvalue weighted by Gasteiger charge is -2.24. The van der Waals surface area contributed by atoms with Crippen molar-refractivity contribution >= 4 is 23.1 Å². The Morgan fingerprint density at radius 3 is 3.04 bits per heavy atom.